The van der Waals surface area contributed by atoms with Crippen molar-refractivity contribution < 1.29 is 0 Å². The van der Waals surface area contributed by atoms with E-state index in [4.69, 9.17) is 0 Å². The van der Waals surface area contributed by atoms with Crippen molar-refractivity contribution in [3.8, 4) is 11.8 Å². The predicted molar refractivity (Wildman–Crippen MR) is 102 cm³/mol. The number of nitrogens with zero attached hydrogens (tertiary/aromatic N) is 1. The number of hydrogen-bond acceptors (Lipinski definition) is 2. The third-order valence-electron chi connectivity index (χ3n) is 3.75. The van der Waals surface area contributed by atoms with Crippen LogP contribution >= 0.6 is 12.2 Å². The molecule has 116 valence electrons. The predicted octanol–water partition coefficient (Wildman–Crippen LogP) is 5.86. The Morgan fingerprint density at radius 3 is 2.43 bits per heavy atom. The smallest absolute Gasteiger partial charge is 0.0743 e. The Bertz CT molecular complexity index is 757. The minimum Gasteiger partial charge on any atom is -0.195 e. The van der Waals surface area contributed by atoms with Crippen molar-refractivity contribution in [1.29, 1.82) is 0 Å². The van der Waals surface area contributed by atoms with Gasteiger partial charge in [0.15, 0.2) is 0 Å². The molecule has 0 saturated carbocycles. The van der Waals surface area contributed by atoms with E-state index in [1.54, 1.807) is 0 Å². The third kappa shape index (κ3) is 5.49. The first-order chi connectivity index (χ1) is 11.2. The molecule has 2 heteroatoms. The molecular weight excluding hydrogens is 298 g/mol. The largest absolute Gasteiger partial charge is 0.195 e. The van der Waals surface area contributed by atoms with Crippen LogP contribution in [-0.2, 0) is 6.42 Å². The van der Waals surface area contributed by atoms with Gasteiger partial charge in [-0.3, -0.25) is 0 Å². The summed E-state index contributed by atoms with van der Waals surface area (Å²) in [5.74, 6) is 6.46. The molecule has 0 atom stereocenters. The van der Waals surface area contributed by atoms with E-state index in [1.165, 1.54) is 24.8 Å². The summed E-state index contributed by atoms with van der Waals surface area (Å²) in [4.78, 5) is 3.98. The first kappa shape index (κ1) is 17.2. The van der Waals surface area contributed by atoms with E-state index in [2.05, 4.69) is 65.4 Å². The zero-order valence-corrected chi connectivity index (χ0v) is 14.5. The Morgan fingerprint density at radius 1 is 1.00 bits per heavy atom. The van der Waals surface area contributed by atoms with Gasteiger partial charge >= 0.3 is 0 Å². The molecule has 0 aliphatic carbocycles. The molecule has 0 aromatic heterocycles. The summed E-state index contributed by atoms with van der Waals surface area (Å²) in [7, 11) is 0. The second kappa shape index (κ2) is 9.06. The highest BCUT2D eigenvalue weighted by Gasteiger charge is 1.97. The highest BCUT2D eigenvalue weighted by Crippen LogP contribution is 2.17. The molecule has 23 heavy (non-hydrogen) atoms. The summed E-state index contributed by atoms with van der Waals surface area (Å²) in [6, 6.07) is 14.4. The van der Waals surface area contributed by atoms with Crippen LogP contribution < -0.4 is 0 Å². The average Bonchev–Trinajstić information content (AvgIpc) is 2.56. The minimum absolute atomic E-state index is 0.819. The van der Waals surface area contributed by atoms with E-state index in [0.29, 0.717) is 0 Å². The van der Waals surface area contributed by atoms with Gasteiger partial charge in [0.25, 0.3) is 0 Å². The van der Waals surface area contributed by atoms with E-state index in [1.807, 2.05) is 25.1 Å². The lowest BCUT2D eigenvalue weighted by atomic mass is 10.0. The summed E-state index contributed by atoms with van der Waals surface area (Å²) >= 11 is 4.62. The van der Waals surface area contributed by atoms with Crippen LogP contribution in [0.2, 0.25) is 0 Å². The third-order valence-corrected chi connectivity index (χ3v) is 3.84. The molecule has 0 bridgehead atoms. The molecule has 0 aliphatic heterocycles. The number of aryl methyl sites for hydroxylation is 2. The van der Waals surface area contributed by atoms with E-state index in [0.717, 1.165) is 28.8 Å². The molecule has 2 aromatic carbocycles. The number of rotatable bonds is 5. The van der Waals surface area contributed by atoms with Crippen molar-refractivity contribution >= 4 is 23.1 Å². The van der Waals surface area contributed by atoms with Crippen LogP contribution in [-0.4, -0.2) is 5.16 Å². The lowest BCUT2D eigenvalue weighted by Gasteiger charge is -2.01. The van der Waals surface area contributed by atoms with Crippen LogP contribution in [0.25, 0.3) is 0 Å². The Morgan fingerprint density at radius 2 is 1.78 bits per heavy atom. The molecule has 0 saturated heterocycles. The van der Waals surface area contributed by atoms with E-state index in [-0.39, 0.29) is 0 Å². The van der Waals surface area contributed by atoms with Gasteiger partial charge in [-0.05, 0) is 73.4 Å². The molecule has 2 rings (SSSR count). The molecule has 0 heterocycles. The minimum atomic E-state index is 0.819. The van der Waals surface area contributed by atoms with Gasteiger partial charge in [-0.25, -0.2) is 0 Å². The van der Waals surface area contributed by atoms with Crippen molar-refractivity contribution in [3.05, 3.63) is 64.7 Å². The first-order valence-electron chi connectivity index (χ1n) is 8.02. The van der Waals surface area contributed by atoms with Crippen LogP contribution in [0.5, 0.6) is 0 Å². The van der Waals surface area contributed by atoms with Gasteiger partial charge in [0.1, 0.15) is 0 Å². The van der Waals surface area contributed by atoms with E-state index >= 15 is 0 Å². The molecular formula is C21H21NS. The quantitative estimate of drug-likeness (QED) is 0.291. The number of unbranched alkanes of at least 4 members (excludes halogenated alkanes) is 2. The number of hydrogen-bond donors (Lipinski definition) is 0. The first-order valence-corrected chi connectivity index (χ1v) is 8.43. The molecule has 0 spiro atoms. The van der Waals surface area contributed by atoms with Crippen molar-refractivity contribution in [1.82, 2.24) is 0 Å². The fourth-order valence-corrected chi connectivity index (χ4v) is 2.49. The van der Waals surface area contributed by atoms with Crippen molar-refractivity contribution in [3.63, 3.8) is 0 Å². The Hall–Kier alpha value is -2.20. The number of thiocarbonyl (C=S) groups is 1. The van der Waals surface area contributed by atoms with Gasteiger partial charge in [-0.2, -0.15) is 4.99 Å². The molecule has 0 unspecified atom stereocenters. The van der Waals surface area contributed by atoms with Gasteiger partial charge < -0.3 is 0 Å². The van der Waals surface area contributed by atoms with Crippen molar-refractivity contribution in [2.75, 3.05) is 0 Å². The number of isothiocyanates is 1. The molecule has 0 N–H and O–H groups in total. The number of aliphatic imine (C=N–C) groups is 1. The molecule has 0 radical (unpaired) electrons. The maximum atomic E-state index is 4.62. The van der Waals surface area contributed by atoms with Crippen LogP contribution in [0.3, 0.4) is 0 Å². The van der Waals surface area contributed by atoms with Crippen LogP contribution in [0.15, 0.2) is 47.5 Å². The van der Waals surface area contributed by atoms with Crippen LogP contribution in [0.4, 0.5) is 5.69 Å². The summed E-state index contributed by atoms with van der Waals surface area (Å²) in [6.07, 6.45) is 4.97. The summed E-state index contributed by atoms with van der Waals surface area (Å²) in [6.45, 7) is 4.26. The highest BCUT2D eigenvalue weighted by atomic mass is 32.1. The maximum Gasteiger partial charge on any atom is 0.0743 e. The monoisotopic (exact) mass is 319 g/mol. The Balaban J connectivity index is 2.08. The SMILES string of the molecule is CCCCCc1ccc(C#Cc2ccc(N=C=S)cc2C)cc1. The van der Waals surface area contributed by atoms with Crippen molar-refractivity contribution in [2.24, 2.45) is 4.99 Å². The van der Waals surface area contributed by atoms with Gasteiger partial charge in [0.2, 0.25) is 0 Å². The van der Waals surface area contributed by atoms with E-state index < -0.39 is 0 Å². The zero-order valence-electron chi connectivity index (χ0n) is 13.7. The normalized spacial score (nSPS) is 9.65. The second-order valence-electron chi connectivity index (χ2n) is 5.61. The Kier molecular flexibility index (Phi) is 6.76. The van der Waals surface area contributed by atoms with Crippen molar-refractivity contribution in [2.45, 2.75) is 39.5 Å². The van der Waals surface area contributed by atoms with Gasteiger partial charge in [0.05, 0.1) is 10.8 Å². The average molecular weight is 319 g/mol. The molecule has 0 aliphatic rings. The molecule has 2 aromatic rings. The summed E-state index contributed by atoms with van der Waals surface area (Å²) in [5.41, 5.74) is 5.37. The van der Waals surface area contributed by atoms with E-state index in [9.17, 15) is 0 Å². The second-order valence-corrected chi connectivity index (χ2v) is 5.79. The lowest BCUT2D eigenvalue weighted by Crippen LogP contribution is -1.86. The summed E-state index contributed by atoms with van der Waals surface area (Å²) < 4.78 is 0. The standard InChI is InChI=1S/C21H21NS/c1-3-4-5-6-18-7-9-19(10-8-18)11-12-20-13-14-21(22-16-23)15-17(20)2/h7-10,13-15H,3-6H2,1-2H3. The summed E-state index contributed by atoms with van der Waals surface area (Å²) in [5, 5.41) is 2.38. The Labute approximate surface area is 144 Å². The lowest BCUT2D eigenvalue weighted by molar-refractivity contribution is 0.717. The molecule has 1 nitrogen and oxygen atoms in total. The maximum absolute atomic E-state index is 4.62. The number of benzene rings is 2. The van der Waals surface area contributed by atoms with Crippen LogP contribution in [0.1, 0.15) is 48.4 Å². The van der Waals surface area contributed by atoms with Gasteiger partial charge in [-0.15, -0.1) is 0 Å². The van der Waals surface area contributed by atoms with Gasteiger partial charge in [0, 0.05) is 11.1 Å². The zero-order chi connectivity index (χ0) is 16.5. The molecule has 0 fully saturated rings. The van der Waals surface area contributed by atoms with Gasteiger partial charge in [-0.1, -0.05) is 43.7 Å². The topological polar surface area (TPSA) is 12.4 Å². The highest BCUT2D eigenvalue weighted by molar-refractivity contribution is 7.78. The fraction of sp³-hybridized carbons (Fsp3) is 0.286. The molecule has 0 amide bonds. The fourth-order valence-electron chi connectivity index (χ4n) is 2.38. The van der Waals surface area contributed by atoms with Crippen LogP contribution in [0, 0.1) is 18.8 Å².